The van der Waals surface area contributed by atoms with Crippen molar-refractivity contribution in [3.63, 3.8) is 0 Å². The van der Waals surface area contributed by atoms with Gasteiger partial charge in [-0.05, 0) is 37.0 Å². The zero-order chi connectivity index (χ0) is 13.0. The first-order valence-electron chi connectivity index (χ1n) is 6.54. The Morgan fingerprint density at radius 3 is 3.11 bits per heavy atom. The smallest absolute Gasteiger partial charge is 0.219 e. The van der Waals surface area contributed by atoms with E-state index in [1.165, 1.54) is 17.7 Å². The molecule has 0 radical (unpaired) electrons. The average Bonchev–Trinajstić information content (AvgIpc) is 2.39. The van der Waals surface area contributed by atoms with E-state index in [0.29, 0.717) is 6.42 Å². The van der Waals surface area contributed by atoms with Crippen LogP contribution < -0.4 is 16.0 Å². The molecule has 0 spiro atoms. The van der Waals surface area contributed by atoms with Gasteiger partial charge >= 0.3 is 0 Å². The van der Waals surface area contributed by atoms with E-state index in [-0.39, 0.29) is 5.91 Å². The van der Waals surface area contributed by atoms with Crippen LogP contribution in [0, 0.1) is 0 Å². The molecule has 0 aromatic heterocycles. The molecule has 0 saturated heterocycles. The van der Waals surface area contributed by atoms with Crippen molar-refractivity contribution in [2.45, 2.75) is 25.7 Å². The maximum absolute atomic E-state index is 11.2. The maximum Gasteiger partial charge on any atom is 0.219 e. The summed E-state index contributed by atoms with van der Waals surface area (Å²) in [5.41, 5.74) is 9.28. The Balaban J connectivity index is 1.99. The second kappa shape index (κ2) is 5.76. The molecule has 2 rings (SSSR count). The minimum atomic E-state index is 0.111. The van der Waals surface area contributed by atoms with Crippen molar-refractivity contribution in [1.82, 2.24) is 5.32 Å². The number of nitrogens with one attached hydrogen (secondary N) is 1. The molecule has 0 unspecified atom stereocenters. The van der Waals surface area contributed by atoms with E-state index in [9.17, 15) is 4.79 Å². The summed E-state index contributed by atoms with van der Waals surface area (Å²) in [6.45, 7) is 1.98. The molecule has 4 nitrogen and oxygen atoms in total. The normalized spacial score (nSPS) is 14.2. The third-order valence-electron chi connectivity index (χ3n) is 3.43. The summed E-state index contributed by atoms with van der Waals surface area (Å²) in [6, 6.07) is 6.14. The van der Waals surface area contributed by atoms with Crippen molar-refractivity contribution in [1.29, 1.82) is 0 Å². The molecular formula is C14H21N3O. The van der Waals surface area contributed by atoms with E-state index < -0.39 is 0 Å². The molecule has 18 heavy (non-hydrogen) atoms. The van der Waals surface area contributed by atoms with Crippen molar-refractivity contribution >= 4 is 17.3 Å². The number of carbonyl (C=O) groups is 1. The number of fused-ring (bicyclic) bond motifs is 1. The van der Waals surface area contributed by atoms with Crippen LogP contribution in [-0.2, 0) is 11.2 Å². The number of benzene rings is 1. The molecule has 0 fully saturated rings. The Morgan fingerprint density at radius 1 is 1.50 bits per heavy atom. The molecule has 1 aliphatic heterocycles. The number of nitrogens with zero attached hydrogens (tertiary/aromatic N) is 1. The molecule has 0 atom stereocenters. The molecule has 1 aromatic rings. The maximum atomic E-state index is 11.2. The molecule has 98 valence electrons. The molecule has 0 bridgehead atoms. The minimum Gasteiger partial charge on any atom is -0.399 e. The number of nitrogens with two attached hydrogens (primary N) is 1. The Kier molecular flexibility index (Phi) is 4.07. The largest absolute Gasteiger partial charge is 0.399 e. The van der Waals surface area contributed by atoms with Crippen molar-refractivity contribution in [3.05, 3.63) is 23.8 Å². The average molecular weight is 247 g/mol. The molecule has 0 saturated carbocycles. The van der Waals surface area contributed by atoms with Gasteiger partial charge in [-0.2, -0.15) is 0 Å². The van der Waals surface area contributed by atoms with Gasteiger partial charge in [0.15, 0.2) is 0 Å². The van der Waals surface area contributed by atoms with E-state index in [1.807, 2.05) is 12.1 Å². The summed E-state index contributed by atoms with van der Waals surface area (Å²) in [5, 5.41) is 2.65. The van der Waals surface area contributed by atoms with E-state index in [4.69, 9.17) is 5.73 Å². The Hall–Kier alpha value is -1.71. The van der Waals surface area contributed by atoms with Crippen LogP contribution in [0.5, 0.6) is 0 Å². The standard InChI is InChI=1S/C14H21N3O/c1-16-14(18)5-3-9-17-8-2-4-11-6-7-12(15)10-13(11)17/h6-7,10H,2-5,8-9,15H2,1H3,(H,16,18). The highest BCUT2D eigenvalue weighted by molar-refractivity contribution is 5.75. The first-order valence-corrected chi connectivity index (χ1v) is 6.54. The molecule has 1 aliphatic rings. The predicted octanol–water partition coefficient (Wildman–Crippen LogP) is 1.55. The second-order valence-electron chi connectivity index (χ2n) is 4.76. The molecule has 0 aliphatic carbocycles. The van der Waals surface area contributed by atoms with Gasteiger partial charge in [0.25, 0.3) is 0 Å². The van der Waals surface area contributed by atoms with Gasteiger partial charge < -0.3 is 16.0 Å². The lowest BCUT2D eigenvalue weighted by atomic mass is 10.0. The first-order chi connectivity index (χ1) is 8.70. The van der Waals surface area contributed by atoms with Crippen molar-refractivity contribution in [2.75, 3.05) is 30.8 Å². The highest BCUT2D eigenvalue weighted by atomic mass is 16.1. The summed E-state index contributed by atoms with van der Waals surface area (Å²) in [7, 11) is 1.68. The summed E-state index contributed by atoms with van der Waals surface area (Å²) in [5.74, 6) is 0.111. The van der Waals surface area contributed by atoms with Crippen LogP contribution >= 0.6 is 0 Å². The quantitative estimate of drug-likeness (QED) is 0.794. The first kappa shape index (κ1) is 12.7. The van der Waals surface area contributed by atoms with Gasteiger partial charge in [0.2, 0.25) is 5.91 Å². The summed E-state index contributed by atoms with van der Waals surface area (Å²) < 4.78 is 0. The van der Waals surface area contributed by atoms with E-state index >= 15 is 0 Å². The lowest BCUT2D eigenvalue weighted by Crippen LogP contribution is -2.31. The molecule has 4 heteroatoms. The molecule has 1 amide bonds. The number of nitrogen functional groups attached to an aromatic ring is 1. The van der Waals surface area contributed by atoms with E-state index in [0.717, 1.165) is 31.6 Å². The van der Waals surface area contributed by atoms with Crippen LogP contribution in [-0.4, -0.2) is 26.0 Å². The third-order valence-corrected chi connectivity index (χ3v) is 3.43. The van der Waals surface area contributed by atoms with Gasteiger partial charge in [-0.3, -0.25) is 4.79 Å². The van der Waals surface area contributed by atoms with Gasteiger partial charge in [-0.25, -0.2) is 0 Å². The van der Waals surface area contributed by atoms with Crippen LogP contribution in [0.4, 0.5) is 11.4 Å². The molecular weight excluding hydrogens is 226 g/mol. The van der Waals surface area contributed by atoms with Crippen molar-refractivity contribution in [3.8, 4) is 0 Å². The summed E-state index contributed by atoms with van der Waals surface area (Å²) in [6.07, 6.45) is 3.77. The number of carbonyl (C=O) groups excluding carboxylic acids is 1. The van der Waals surface area contributed by atoms with Crippen LogP contribution in [0.25, 0.3) is 0 Å². The lowest BCUT2D eigenvalue weighted by Gasteiger charge is -2.31. The van der Waals surface area contributed by atoms with Gasteiger partial charge in [0.1, 0.15) is 0 Å². The predicted molar refractivity (Wildman–Crippen MR) is 74.7 cm³/mol. The fourth-order valence-electron chi connectivity index (χ4n) is 2.46. The van der Waals surface area contributed by atoms with Crippen LogP contribution in [0.15, 0.2) is 18.2 Å². The number of hydrogen-bond donors (Lipinski definition) is 2. The minimum absolute atomic E-state index is 0.111. The van der Waals surface area contributed by atoms with Crippen LogP contribution in [0.3, 0.4) is 0 Å². The van der Waals surface area contributed by atoms with Gasteiger partial charge in [-0.1, -0.05) is 6.07 Å². The number of rotatable bonds is 4. The summed E-state index contributed by atoms with van der Waals surface area (Å²) in [4.78, 5) is 13.5. The fraction of sp³-hybridized carbons (Fsp3) is 0.500. The SMILES string of the molecule is CNC(=O)CCCN1CCCc2ccc(N)cc21. The van der Waals surface area contributed by atoms with Crippen LogP contribution in [0.2, 0.25) is 0 Å². The van der Waals surface area contributed by atoms with Crippen LogP contribution in [0.1, 0.15) is 24.8 Å². The number of hydrogen-bond acceptors (Lipinski definition) is 3. The van der Waals surface area contributed by atoms with Crippen molar-refractivity contribution in [2.24, 2.45) is 0 Å². The lowest BCUT2D eigenvalue weighted by molar-refractivity contribution is -0.120. The zero-order valence-electron chi connectivity index (χ0n) is 10.9. The topological polar surface area (TPSA) is 58.4 Å². The van der Waals surface area contributed by atoms with Gasteiger partial charge in [0.05, 0.1) is 0 Å². The Bertz CT molecular complexity index is 431. The van der Waals surface area contributed by atoms with E-state index in [1.54, 1.807) is 7.05 Å². The number of anilines is 2. The number of amides is 1. The molecule has 1 heterocycles. The zero-order valence-corrected chi connectivity index (χ0v) is 10.9. The van der Waals surface area contributed by atoms with Gasteiger partial charge in [-0.15, -0.1) is 0 Å². The summed E-state index contributed by atoms with van der Waals surface area (Å²) >= 11 is 0. The third kappa shape index (κ3) is 2.94. The number of aryl methyl sites for hydroxylation is 1. The highest BCUT2D eigenvalue weighted by Crippen LogP contribution is 2.29. The van der Waals surface area contributed by atoms with Gasteiger partial charge in [0, 0.05) is 37.9 Å². The molecule has 1 aromatic carbocycles. The molecule has 3 N–H and O–H groups in total. The van der Waals surface area contributed by atoms with Crippen molar-refractivity contribution < 1.29 is 4.79 Å². The fourth-order valence-corrected chi connectivity index (χ4v) is 2.46. The Morgan fingerprint density at radius 2 is 2.33 bits per heavy atom. The van der Waals surface area contributed by atoms with E-state index in [2.05, 4.69) is 16.3 Å². The monoisotopic (exact) mass is 247 g/mol. The Labute approximate surface area is 108 Å². The second-order valence-corrected chi connectivity index (χ2v) is 4.76. The highest BCUT2D eigenvalue weighted by Gasteiger charge is 2.16.